The summed E-state index contributed by atoms with van der Waals surface area (Å²) in [6.07, 6.45) is 0. The SMILES string of the molecule is COCC(CN=C(N)N)COCOCC(CNC(=N)N)COCOCC(CN=C(N)N)COC. The summed E-state index contributed by atoms with van der Waals surface area (Å²) in [5, 5.41) is 10.1. The third kappa shape index (κ3) is 20.2. The van der Waals surface area contributed by atoms with Gasteiger partial charge in [0.2, 0.25) is 0 Å². The average Bonchev–Trinajstić information content (AvgIpc) is 2.77. The summed E-state index contributed by atoms with van der Waals surface area (Å²) < 4.78 is 32.5. The van der Waals surface area contributed by atoms with Gasteiger partial charge in [-0.3, -0.25) is 15.4 Å². The number of hydrogen-bond donors (Lipinski definition) is 7. The molecule has 15 nitrogen and oxygen atoms in total. The third-order valence-corrected chi connectivity index (χ3v) is 4.20. The van der Waals surface area contributed by atoms with Crippen LogP contribution in [0, 0.1) is 23.2 Å². The van der Waals surface area contributed by atoms with Crippen LogP contribution in [0.1, 0.15) is 0 Å². The molecule has 0 aliphatic rings. The van der Waals surface area contributed by atoms with Gasteiger partial charge in [0.05, 0.1) is 39.6 Å². The van der Waals surface area contributed by atoms with E-state index in [2.05, 4.69) is 15.3 Å². The van der Waals surface area contributed by atoms with Gasteiger partial charge >= 0.3 is 0 Å². The number of ether oxygens (including phenoxy) is 6. The molecule has 2 unspecified atom stereocenters. The molecule has 0 spiro atoms. The highest BCUT2D eigenvalue weighted by molar-refractivity contribution is 5.76. The van der Waals surface area contributed by atoms with E-state index >= 15 is 0 Å². The van der Waals surface area contributed by atoms with Gasteiger partial charge in [-0.2, -0.15) is 0 Å². The maximum atomic E-state index is 7.34. The number of hydrogen-bond acceptors (Lipinski definition) is 9. The molecule has 2 atom stereocenters. The number of methoxy groups -OCH3 is 2. The van der Waals surface area contributed by atoms with Crippen LogP contribution in [0.15, 0.2) is 9.98 Å². The van der Waals surface area contributed by atoms with Crippen LogP contribution in [0.5, 0.6) is 0 Å². The van der Waals surface area contributed by atoms with Crippen molar-refractivity contribution in [3.8, 4) is 0 Å². The van der Waals surface area contributed by atoms with E-state index < -0.39 is 0 Å². The second kappa shape index (κ2) is 21.1. The summed E-state index contributed by atoms with van der Waals surface area (Å²) in [6.45, 7) is 3.60. The van der Waals surface area contributed by atoms with Crippen LogP contribution >= 0.6 is 0 Å². The number of nitrogens with two attached hydrogens (primary N) is 5. The van der Waals surface area contributed by atoms with Crippen LogP contribution in [0.3, 0.4) is 0 Å². The minimum Gasteiger partial charge on any atom is -0.384 e. The molecule has 15 heteroatoms. The Bertz CT molecular complexity index is 534. The predicted molar refractivity (Wildman–Crippen MR) is 129 cm³/mol. The zero-order valence-corrected chi connectivity index (χ0v) is 20.2. The lowest BCUT2D eigenvalue weighted by atomic mass is 10.2. The van der Waals surface area contributed by atoms with Gasteiger partial charge in [-0.1, -0.05) is 0 Å². The van der Waals surface area contributed by atoms with Crippen molar-refractivity contribution in [2.75, 3.05) is 87.1 Å². The Kier molecular flexibility index (Phi) is 19.6. The summed E-state index contributed by atoms with van der Waals surface area (Å²) in [5.41, 5.74) is 26.8. The minimum absolute atomic E-state index is 0.000256. The van der Waals surface area contributed by atoms with Crippen molar-refractivity contribution in [1.82, 2.24) is 5.32 Å². The summed E-state index contributed by atoms with van der Waals surface area (Å²) in [6, 6.07) is 0. The maximum Gasteiger partial charge on any atom is 0.185 e. The van der Waals surface area contributed by atoms with E-state index in [1.54, 1.807) is 14.2 Å². The molecule has 0 rings (SSSR count). The molecular formula is C19H43N9O6. The van der Waals surface area contributed by atoms with Crippen molar-refractivity contribution in [3.05, 3.63) is 0 Å². The zero-order valence-electron chi connectivity index (χ0n) is 20.2. The molecule has 34 heavy (non-hydrogen) atoms. The second-order valence-electron chi connectivity index (χ2n) is 7.55. The molecular weight excluding hydrogens is 450 g/mol. The molecule has 0 bridgehead atoms. The van der Waals surface area contributed by atoms with Crippen molar-refractivity contribution in [1.29, 1.82) is 5.41 Å². The van der Waals surface area contributed by atoms with Gasteiger partial charge in [0.1, 0.15) is 13.6 Å². The maximum absolute atomic E-state index is 7.34. The van der Waals surface area contributed by atoms with Gasteiger partial charge in [0.25, 0.3) is 0 Å². The van der Waals surface area contributed by atoms with E-state index in [1.807, 2.05) is 0 Å². The summed E-state index contributed by atoms with van der Waals surface area (Å²) in [4.78, 5) is 7.96. The van der Waals surface area contributed by atoms with Crippen molar-refractivity contribution >= 4 is 17.9 Å². The van der Waals surface area contributed by atoms with Crippen LogP contribution in [0.2, 0.25) is 0 Å². The Morgan fingerprint density at radius 3 is 1.38 bits per heavy atom. The van der Waals surface area contributed by atoms with Gasteiger partial charge in [0.15, 0.2) is 17.9 Å². The first-order valence-electron chi connectivity index (χ1n) is 10.8. The molecule has 0 aliphatic heterocycles. The topological polar surface area (TPSA) is 246 Å². The zero-order chi connectivity index (χ0) is 25.6. The molecule has 0 amide bonds. The summed E-state index contributed by atoms with van der Waals surface area (Å²) in [7, 11) is 3.19. The van der Waals surface area contributed by atoms with E-state index in [1.165, 1.54) is 0 Å². The Hall–Kier alpha value is -2.43. The minimum atomic E-state index is -0.137. The number of nitrogens with one attached hydrogen (secondary N) is 2. The fourth-order valence-electron chi connectivity index (χ4n) is 2.64. The second-order valence-corrected chi connectivity index (χ2v) is 7.55. The van der Waals surface area contributed by atoms with Crippen molar-refractivity contribution in [2.45, 2.75) is 0 Å². The molecule has 0 aromatic rings. The Labute approximate surface area is 201 Å². The van der Waals surface area contributed by atoms with Gasteiger partial charge in [-0.15, -0.1) is 0 Å². The van der Waals surface area contributed by atoms with E-state index in [-0.39, 0.29) is 49.2 Å². The monoisotopic (exact) mass is 493 g/mol. The Morgan fingerprint density at radius 1 is 0.676 bits per heavy atom. The average molecular weight is 494 g/mol. The largest absolute Gasteiger partial charge is 0.384 e. The lowest BCUT2D eigenvalue weighted by molar-refractivity contribution is -0.104. The number of aliphatic imine (C=N–C) groups is 2. The molecule has 12 N–H and O–H groups in total. The quantitative estimate of drug-likeness (QED) is 0.0348. The standard InChI is InChI=1S/C19H43N9O6/c1-29-6-14(3-26-17(20)21)8-31-12-33-10-16(5-28-19(24)25)11-34-13-32-9-15(7-30-2)4-27-18(22)23/h14-16H,3-13H2,1-2H3,(H4,20,21,26)(H4,22,23,27)(H4,24,25,28). The van der Waals surface area contributed by atoms with Gasteiger partial charge < -0.3 is 62.4 Å². The van der Waals surface area contributed by atoms with Crippen LogP contribution in [-0.2, 0) is 28.4 Å². The van der Waals surface area contributed by atoms with Crippen LogP contribution in [0.25, 0.3) is 0 Å². The van der Waals surface area contributed by atoms with Gasteiger partial charge in [-0.05, 0) is 0 Å². The number of guanidine groups is 3. The lowest BCUT2D eigenvalue weighted by Crippen LogP contribution is -2.37. The molecule has 0 aromatic heterocycles. The highest BCUT2D eigenvalue weighted by Crippen LogP contribution is 2.03. The van der Waals surface area contributed by atoms with E-state index in [9.17, 15) is 0 Å². The smallest absolute Gasteiger partial charge is 0.185 e. The molecule has 0 heterocycles. The predicted octanol–water partition coefficient (Wildman–Crippen LogP) is -2.86. The first-order valence-corrected chi connectivity index (χ1v) is 10.8. The Balaban J connectivity index is 4.28. The molecule has 0 saturated heterocycles. The first-order chi connectivity index (χ1) is 16.3. The van der Waals surface area contributed by atoms with E-state index in [0.29, 0.717) is 59.3 Å². The highest BCUT2D eigenvalue weighted by Gasteiger charge is 2.13. The van der Waals surface area contributed by atoms with Gasteiger partial charge in [-0.25, -0.2) is 0 Å². The number of rotatable bonds is 22. The normalized spacial score (nSPS) is 13.6. The molecule has 200 valence electrons. The molecule has 0 aromatic carbocycles. The molecule has 0 saturated carbocycles. The lowest BCUT2D eigenvalue weighted by Gasteiger charge is -2.19. The van der Waals surface area contributed by atoms with Crippen LogP contribution < -0.4 is 34.0 Å². The molecule has 0 aliphatic carbocycles. The van der Waals surface area contributed by atoms with E-state index in [0.717, 1.165) is 0 Å². The third-order valence-electron chi connectivity index (χ3n) is 4.20. The molecule has 0 fully saturated rings. The van der Waals surface area contributed by atoms with Crippen molar-refractivity contribution in [2.24, 2.45) is 56.4 Å². The van der Waals surface area contributed by atoms with Crippen molar-refractivity contribution in [3.63, 3.8) is 0 Å². The molecule has 0 radical (unpaired) electrons. The first kappa shape index (κ1) is 31.6. The fourth-order valence-corrected chi connectivity index (χ4v) is 2.64. The summed E-state index contributed by atoms with van der Waals surface area (Å²) >= 11 is 0. The van der Waals surface area contributed by atoms with E-state index in [4.69, 9.17) is 62.5 Å². The van der Waals surface area contributed by atoms with Crippen molar-refractivity contribution < 1.29 is 28.4 Å². The van der Waals surface area contributed by atoms with Gasteiger partial charge in [0, 0.05) is 51.6 Å². The fraction of sp³-hybridized carbons (Fsp3) is 0.842. The highest BCUT2D eigenvalue weighted by atomic mass is 16.7. The van der Waals surface area contributed by atoms with Crippen LogP contribution in [-0.4, -0.2) is 105 Å². The summed E-state index contributed by atoms with van der Waals surface area (Å²) in [5.74, 6) is -0.193. The van der Waals surface area contributed by atoms with Crippen LogP contribution in [0.4, 0.5) is 0 Å². The number of nitrogens with zero attached hydrogens (tertiary/aromatic N) is 2. The Morgan fingerprint density at radius 2 is 1.06 bits per heavy atom.